The number of carbonyl (C=O) groups excluding carboxylic acids is 1. The Kier molecular flexibility index (Phi) is 4.37. The predicted octanol–water partition coefficient (Wildman–Crippen LogP) is 3.33. The predicted molar refractivity (Wildman–Crippen MR) is 59.5 cm³/mol. The number of aryl methyl sites for hydroxylation is 1. The Morgan fingerprint density at radius 3 is 2.57 bits per heavy atom. The average Bonchev–Trinajstić information content (AvgIpc) is 2.26. The minimum atomic E-state index is 0.0937. The fourth-order valence-electron chi connectivity index (χ4n) is 1.83. The molecule has 0 saturated carbocycles. The van der Waals surface area contributed by atoms with Crippen molar-refractivity contribution in [2.24, 2.45) is 0 Å². The summed E-state index contributed by atoms with van der Waals surface area (Å²) in [5.41, 5.74) is 2.52. The molecule has 76 valence electrons. The van der Waals surface area contributed by atoms with Crippen LogP contribution in [0.25, 0.3) is 0 Å². The van der Waals surface area contributed by atoms with Crippen LogP contribution >= 0.6 is 0 Å². The fourth-order valence-corrected chi connectivity index (χ4v) is 1.83. The molecule has 0 bridgehead atoms. The molecule has 0 heterocycles. The molecule has 0 aliphatic carbocycles. The zero-order valence-electron chi connectivity index (χ0n) is 8.99. The molecule has 1 aromatic carbocycles. The third-order valence-corrected chi connectivity index (χ3v) is 2.60. The van der Waals surface area contributed by atoms with E-state index < -0.39 is 0 Å². The van der Waals surface area contributed by atoms with Crippen LogP contribution in [0.5, 0.6) is 0 Å². The second-order valence-corrected chi connectivity index (χ2v) is 3.58. The van der Waals surface area contributed by atoms with Gasteiger partial charge in [0.15, 0.2) is 0 Å². The maximum absolute atomic E-state index is 11.0. The minimum Gasteiger partial charge on any atom is -0.303 e. The van der Waals surface area contributed by atoms with Crippen LogP contribution in [-0.2, 0) is 11.2 Å². The lowest BCUT2D eigenvalue weighted by Crippen LogP contribution is -2.03. The maximum atomic E-state index is 11.0. The molecule has 1 unspecified atom stereocenters. The second-order valence-electron chi connectivity index (χ2n) is 3.58. The van der Waals surface area contributed by atoms with Crippen molar-refractivity contribution in [2.45, 2.75) is 39.0 Å². The summed E-state index contributed by atoms with van der Waals surface area (Å²) in [5.74, 6) is 0.0937. The molecular formula is C13H18O. The molecule has 0 amide bonds. The normalized spacial score (nSPS) is 12.4. The SMILES string of the molecule is CCCC(C=O)c1ccccc1CC. The quantitative estimate of drug-likeness (QED) is 0.651. The molecule has 1 heteroatoms. The van der Waals surface area contributed by atoms with Gasteiger partial charge in [-0.1, -0.05) is 44.5 Å². The van der Waals surface area contributed by atoms with Crippen LogP contribution in [0.2, 0.25) is 0 Å². The van der Waals surface area contributed by atoms with Crippen molar-refractivity contribution in [1.82, 2.24) is 0 Å². The first-order valence-electron chi connectivity index (χ1n) is 5.36. The van der Waals surface area contributed by atoms with Crippen molar-refractivity contribution in [1.29, 1.82) is 0 Å². The molecule has 0 aliphatic rings. The molecular weight excluding hydrogens is 172 g/mol. The van der Waals surface area contributed by atoms with E-state index in [1.54, 1.807) is 0 Å². The highest BCUT2D eigenvalue weighted by atomic mass is 16.1. The lowest BCUT2D eigenvalue weighted by atomic mass is 9.91. The zero-order valence-corrected chi connectivity index (χ0v) is 8.99. The first-order valence-corrected chi connectivity index (χ1v) is 5.36. The van der Waals surface area contributed by atoms with Crippen molar-refractivity contribution in [3.05, 3.63) is 35.4 Å². The van der Waals surface area contributed by atoms with Gasteiger partial charge in [0.1, 0.15) is 6.29 Å². The van der Waals surface area contributed by atoms with Gasteiger partial charge < -0.3 is 4.79 Å². The molecule has 1 aromatic rings. The van der Waals surface area contributed by atoms with Gasteiger partial charge >= 0.3 is 0 Å². The number of hydrogen-bond donors (Lipinski definition) is 0. The van der Waals surface area contributed by atoms with Crippen molar-refractivity contribution >= 4 is 6.29 Å². The molecule has 0 aromatic heterocycles. The number of hydrogen-bond acceptors (Lipinski definition) is 1. The highest BCUT2D eigenvalue weighted by Crippen LogP contribution is 2.23. The van der Waals surface area contributed by atoms with E-state index in [0.29, 0.717) is 0 Å². The monoisotopic (exact) mass is 190 g/mol. The Hall–Kier alpha value is -1.11. The summed E-state index contributed by atoms with van der Waals surface area (Å²) >= 11 is 0. The van der Waals surface area contributed by atoms with Crippen LogP contribution < -0.4 is 0 Å². The van der Waals surface area contributed by atoms with E-state index in [1.807, 2.05) is 12.1 Å². The van der Waals surface area contributed by atoms with E-state index >= 15 is 0 Å². The minimum absolute atomic E-state index is 0.0937. The van der Waals surface area contributed by atoms with Crippen molar-refractivity contribution < 1.29 is 4.79 Å². The fraction of sp³-hybridized carbons (Fsp3) is 0.462. The molecule has 0 radical (unpaired) electrons. The van der Waals surface area contributed by atoms with Gasteiger partial charge in [-0.25, -0.2) is 0 Å². The lowest BCUT2D eigenvalue weighted by molar-refractivity contribution is -0.109. The molecule has 0 N–H and O–H groups in total. The van der Waals surface area contributed by atoms with Gasteiger partial charge in [0.25, 0.3) is 0 Å². The van der Waals surface area contributed by atoms with Gasteiger partial charge in [0.2, 0.25) is 0 Å². The van der Waals surface area contributed by atoms with Gasteiger partial charge in [0, 0.05) is 5.92 Å². The summed E-state index contributed by atoms with van der Waals surface area (Å²) in [6.45, 7) is 4.25. The van der Waals surface area contributed by atoms with E-state index in [1.165, 1.54) is 11.1 Å². The van der Waals surface area contributed by atoms with Crippen LogP contribution in [0.4, 0.5) is 0 Å². The van der Waals surface area contributed by atoms with Gasteiger partial charge in [-0.2, -0.15) is 0 Å². The summed E-state index contributed by atoms with van der Waals surface area (Å²) in [4.78, 5) is 11.0. The van der Waals surface area contributed by atoms with Crippen molar-refractivity contribution in [2.75, 3.05) is 0 Å². The Morgan fingerprint density at radius 2 is 2.00 bits per heavy atom. The molecule has 14 heavy (non-hydrogen) atoms. The first kappa shape index (κ1) is 11.0. The molecule has 1 rings (SSSR count). The van der Waals surface area contributed by atoms with E-state index in [-0.39, 0.29) is 5.92 Å². The lowest BCUT2D eigenvalue weighted by Gasteiger charge is -2.13. The van der Waals surface area contributed by atoms with Crippen LogP contribution in [-0.4, -0.2) is 6.29 Å². The largest absolute Gasteiger partial charge is 0.303 e. The molecule has 0 spiro atoms. The van der Waals surface area contributed by atoms with E-state index in [4.69, 9.17) is 0 Å². The number of rotatable bonds is 5. The molecule has 0 aliphatic heterocycles. The van der Waals surface area contributed by atoms with Gasteiger partial charge in [-0.15, -0.1) is 0 Å². The van der Waals surface area contributed by atoms with Crippen LogP contribution in [0.3, 0.4) is 0 Å². The summed E-state index contributed by atoms with van der Waals surface area (Å²) in [6.07, 6.45) is 4.10. The Labute approximate surface area is 86.1 Å². The Balaban J connectivity index is 2.95. The Morgan fingerprint density at radius 1 is 1.29 bits per heavy atom. The molecule has 0 fully saturated rings. The zero-order chi connectivity index (χ0) is 10.4. The Bertz CT molecular complexity index is 291. The third-order valence-electron chi connectivity index (χ3n) is 2.60. The number of carbonyl (C=O) groups is 1. The summed E-state index contributed by atoms with van der Waals surface area (Å²) < 4.78 is 0. The van der Waals surface area contributed by atoms with Gasteiger partial charge in [-0.05, 0) is 24.0 Å². The second kappa shape index (κ2) is 5.58. The van der Waals surface area contributed by atoms with E-state index in [2.05, 4.69) is 26.0 Å². The van der Waals surface area contributed by atoms with Crippen molar-refractivity contribution in [3.8, 4) is 0 Å². The summed E-state index contributed by atoms with van der Waals surface area (Å²) in [5, 5.41) is 0. The highest BCUT2D eigenvalue weighted by Gasteiger charge is 2.11. The molecule has 0 saturated heterocycles. The van der Waals surface area contributed by atoms with Crippen LogP contribution in [0, 0.1) is 0 Å². The van der Waals surface area contributed by atoms with Gasteiger partial charge in [-0.3, -0.25) is 0 Å². The van der Waals surface area contributed by atoms with Gasteiger partial charge in [0.05, 0.1) is 0 Å². The first-order chi connectivity index (χ1) is 6.83. The standard InChI is InChI=1S/C13H18O/c1-3-7-12(10-14)13-9-6-5-8-11(13)4-2/h5-6,8-10,12H,3-4,7H2,1-2H3. The highest BCUT2D eigenvalue weighted by molar-refractivity contribution is 5.63. The van der Waals surface area contributed by atoms with E-state index in [9.17, 15) is 4.79 Å². The number of benzene rings is 1. The van der Waals surface area contributed by atoms with Crippen LogP contribution in [0.1, 0.15) is 43.7 Å². The summed E-state index contributed by atoms with van der Waals surface area (Å²) in [7, 11) is 0. The summed E-state index contributed by atoms with van der Waals surface area (Å²) in [6, 6.07) is 8.24. The maximum Gasteiger partial charge on any atom is 0.127 e. The molecule has 1 atom stereocenters. The molecule has 1 nitrogen and oxygen atoms in total. The van der Waals surface area contributed by atoms with E-state index in [0.717, 1.165) is 25.5 Å². The van der Waals surface area contributed by atoms with Crippen LogP contribution in [0.15, 0.2) is 24.3 Å². The number of aldehydes is 1. The van der Waals surface area contributed by atoms with Crippen molar-refractivity contribution in [3.63, 3.8) is 0 Å². The smallest absolute Gasteiger partial charge is 0.127 e. The third kappa shape index (κ3) is 2.44. The average molecular weight is 190 g/mol. The topological polar surface area (TPSA) is 17.1 Å².